The van der Waals surface area contributed by atoms with Crippen LogP contribution in [0.2, 0.25) is 0 Å². The SMILES string of the molecule is C[C@@H](O)[C@H](NC(=O)Nc1cc(F)cc(F)c1F)C(=O)O. The summed E-state index contributed by atoms with van der Waals surface area (Å²) in [4.78, 5) is 22.1. The molecule has 0 saturated heterocycles. The topological polar surface area (TPSA) is 98.7 Å². The van der Waals surface area contributed by atoms with E-state index in [0.29, 0.717) is 6.07 Å². The summed E-state index contributed by atoms with van der Waals surface area (Å²) in [5.41, 5.74) is -0.797. The van der Waals surface area contributed by atoms with Crippen LogP contribution in [-0.2, 0) is 4.79 Å². The van der Waals surface area contributed by atoms with Crippen molar-refractivity contribution in [3.8, 4) is 0 Å². The van der Waals surface area contributed by atoms with E-state index in [4.69, 9.17) is 10.2 Å². The number of hydrogen-bond donors (Lipinski definition) is 4. The molecule has 0 aliphatic rings. The van der Waals surface area contributed by atoms with Gasteiger partial charge in [-0.15, -0.1) is 0 Å². The van der Waals surface area contributed by atoms with Crippen molar-refractivity contribution in [1.82, 2.24) is 5.32 Å². The van der Waals surface area contributed by atoms with Crippen LogP contribution in [0.25, 0.3) is 0 Å². The third-order valence-corrected chi connectivity index (χ3v) is 2.28. The van der Waals surface area contributed by atoms with Gasteiger partial charge >= 0.3 is 12.0 Å². The molecule has 0 unspecified atom stereocenters. The molecule has 2 amide bonds. The quantitative estimate of drug-likeness (QED) is 0.624. The zero-order valence-electron chi connectivity index (χ0n) is 10.2. The average Bonchev–Trinajstić information content (AvgIpc) is 2.31. The van der Waals surface area contributed by atoms with Crippen LogP contribution in [-0.4, -0.2) is 34.4 Å². The number of aliphatic hydroxyl groups is 1. The zero-order valence-corrected chi connectivity index (χ0v) is 10.2. The van der Waals surface area contributed by atoms with Gasteiger partial charge in [-0.25, -0.2) is 22.8 Å². The number of carbonyl (C=O) groups is 2. The van der Waals surface area contributed by atoms with Gasteiger partial charge in [-0.1, -0.05) is 0 Å². The number of nitrogens with one attached hydrogen (secondary N) is 2. The van der Waals surface area contributed by atoms with E-state index in [-0.39, 0.29) is 6.07 Å². The van der Waals surface area contributed by atoms with Gasteiger partial charge in [0.2, 0.25) is 0 Å². The molecular weight excluding hydrogens is 281 g/mol. The van der Waals surface area contributed by atoms with Gasteiger partial charge in [0.05, 0.1) is 11.8 Å². The molecule has 0 heterocycles. The smallest absolute Gasteiger partial charge is 0.328 e. The van der Waals surface area contributed by atoms with Crippen molar-refractivity contribution in [2.75, 3.05) is 5.32 Å². The number of aliphatic hydroxyl groups excluding tert-OH is 1. The summed E-state index contributed by atoms with van der Waals surface area (Å²) in [7, 11) is 0. The highest BCUT2D eigenvalue weighted by molar-refractivity contribution is 5.92. The van der Waals surface area contributed by atoms with Crippen molar-refractivity contribution in [3.05, 3.63) is 29.6 Å². The van der Waals surface area contributed by atoms with Gasteiger partial charge in [-0.3, -0.25) is 0 Å². The molecule has 4 N–H and O–H groups in total. The Labute approximate surface area is 111 Å². The highest BCUT2D eigenvalue weighted by Gasteiger charge is 2.25. The number of carboxylic acids is 1. The number of halogens is 3. The first-order chi connectivity index (χ1) is 9.22. The van der Waals surface area contributed by atoms with Gasteiger partial charge in [-0.2, -0.15) is 0 Å². The Morgan fingerprint density at radius 2 is 1.85 bits per heavy atom. The molecule has 1 rings (SSSR count). The molecule has 9 heteroatoms. The monoisotopic (exact) mass is 292 g/mol. The molecule has 2 atom stereocenters. The van der Waals surface area contributed by atoms with Gasteiger partial charge in [0, 0.05) is 12.1 Å². The molecule has 0 aliphatic heterocycles. The maximum Gasteiger partial charge on any atom is 0.328 e. The Bertz CT molecular complexity index is 537. The highest BCUT2D eigenvalue weighted by Crippen LogP contribution is 2.18. The summed E-state index contributed by atoms with van der Waals surface area (Å²) >= 11 is 0. The largest absolute Gasteiger partial charge is 0.480 e. The van der Waals surface area contributed by atoms with Gasteiger partial charge in [0.25, 0.3) is 0 Å². The lowest BCUT2D eigenvalue weighted by Crippen LogP contribution is -2.49. The maximum atomic E-state index is 13.2. The number of amides is 2. The Morgan fingerprint density at radius 3 is 2.35 bits per heavy atom. The normalized spacial score (nSPS) is 13.4. The van der Waals surface area contributed by atoms with E-state index < -0.39 is 47.3 Å². The van der Waals surface area contributed by atoms with Crippen LogP contribution in [0.1, 0.15) is 6.92 Å². The predicted octanol–water partition coefficient (Wildman–Crippen LogP) is 1.06. The molecule has 0 spiro atoms. The zero-order chi connectivity index (χ0) is 15.4. The summed E-state index contributed by atoms with van der Waals surface area (Å²) in [5.74, 6) is -5.65. The predicted molar refractivity (Wildman–Crippen MR) is 61.6 cm³/mol. The summed E-state index contributed by atoms with van der Waals surface area (Å²) in [6.07, 6.45) is -1.42. The fourth-order valence-corrected chi connectivity index (χ4v) is 1.34. The molecule has 0 radical (unpaired) electrons. The van der Waals surface area contributed by atoms with Gasteiger partial charge in [-0.05, 0) is 6.92 Å². The molecule has 110 valence electrons. The van der Waals surface area contributed by atoms with E-state index in [0.717, 1.165) is 6.92 Å². The van der Waals surface area contributed by atoms with E-state index >= 15 is 0 Å². The number of benzene rings is 1. The first kappa shape index (κ1) is 15.8. The van der Waals surface area contributed by atoms with Crippen LogP contribution in [0.4, 0.5) is 23.7 Å². The van der Waals surface area contributed by atoms with Crippen molar-refractivity contribution < 1.29 is 33.0 Å². The first-order valence-corrected chi connectivity index (χ1v) is 5.35. The second kappa shape index (κ2) is 6.24. The van der Waals surface area contributed by atoms with Crippen LogP contribution < -0.4 is 10.6 Å². The lowest BCUT2D eigenvalue weighted by atomic mass is 10.2. The first-order valence-electron chi connectivity index (χ1n) is 5.35. The van der Waals surface area contributed by atoms with Crippen molar-refractivity contribution in [3.63, 3.8) is 0 Å². The van der Waals surface area contributed by atoms with E-state index in [2.05, 4.69) is 0 Å². The molecular formula is C11H11F3N2O4. The maximum absolute atomic E-state index is 13.2. The number of aliphatic carboxylic acids is 1. The molecule has 0 aliphatic carbocycles. The van der Waals surface area contributed by atoms with E-state index in [1.54, 1.807) is 5.32 Å². The van der Waals surface area contributed by atoms with Crippen LogP contribution >= 0.6 is 0 Å². The van der Waals surface area contributed by atoms with Gasteiger partial charge in [0.1, 0.15) is 5.82 Å². The Hall–Kier alpha value is -2.29. The molecule has 6 nitrogen and oxygen atoms in total. The Balaban J connectivity index is 2.84. The third-order valence-electron chi connectivity index (χ3n) is 2.28. The van der Waals surface area contributed by atoms with Gasteiger partial charge < -0.3 is 20.8 Å². The van der Waals surface area contributed by atoms with E-state index in [1.807, 2.05) is 5.32 Å². The fraction of sp³-hybridized carbons (Fsp3) is 0.273. The molecule has 0 bridgehead atoms. The molecule has 0 saturated carbocycles. The third kappa shape index (κ3) is 3.85. The van der Waals surface area contributed by atoms with Crippen molar-refractivity contribution >= 4 is 17.7 Å². The number of carboxylic acid groups (broad SMARTS) is 1. The van der Waals surface area contributed by atoms with Crippen LogP contribution in [0.3, 0.4) is 0 Å². The number of carbonyl (C=O) groups excluding carboxylic acids is 1. The molecule has 1 aromatic carbocycles. The van der Waals surface area contributed by atoms with Gasteiger partial charge in [0.15, 0.2) is 17.7 Å². The highest BCUT2D eigenvalue weighted by atomic mass is 19.2. The molecule has 1 aromatic rings. The van der Waals surface area contributed by atoms with Crippen LogP contribution in [0.15, 0.2) is 12.1 Å². The summed E-state index contributed by atoms with van der Waals surface area (Å²) < 4.78 is 39.0. The minimum atomic E-state index is -1.66. The Morgan fingerprint density at radius 1 is 1.25 bits per heavy atom. The summed E-state index contributed by atoms with van der Waals surface area (Å²) in [5, 5.41) is 21.4. The molecule has 20 heavy (non-hydrogen) atoms. The van der Waals surface area contributed by atoms with E-state index in [1.165, 1.54) is 0 Å². The average molecular weight is 292 g/mol. The lowest BCUT2D eigenvalue weighted by molar-refractivity contribution is -0.141. The van der Waals surface area contributed by atoms with E-state index in [9.17, 15) is 22.8 Å². The number of anilines is 1. The minimum Gasteiger partial charge on any atom is -0.480 e. The van der Waals surface area contributed by atoms with Crippen LogP contribution in [0, 0.1) is 17.5 Å². The molecule has 0 aromatic heterocycles. The minimum absolute atomic E-state index is 0.286. The van der Waals surface area contributed by atoms with Crippen molar-refractivity contribution in [2.24, 2.45) is 0 Å². The number of hydrogen-bond acceptors (Lipinski definition) is 3. The Kier molecular flexibility index (Phi) is 4.92. The van der Waals surface area contributed by atoms with Crippen molar-refractivity contribution in [2.45, 2.75) is 19.1 Å². The second-order valence-corrected chi connectivity index (χ2v) is 3.90. The second-order valence-electron chi connectivity index (χ2n) is 3.90. The summed E-state index contributed by atoms with van der Waals surface area (Å²) in [6.45, 7) is 1.11. The lowest BCUT2D eigenvalue weighted by Gasteiger charge is -2.17. The number of urea groups is 1. The molecule has 0 fully saturated rings. The van der Waals surface area contributed by atoms with Crippen molar-refractivity contribution in [1.29, 1.82) is 0 Å². The number of rotatable bonds is 4. The fourth-order valence-electron chi connectivity index (χ4n) is 1.34. The standard InChI is InChI=1S/C11H11F3N2O4/c1-4(17)9(10(18)19)16-11(20)15-7-3-5(12)2-6(13)8(7)14/h2-4,9,17H,1H3,(H,18,19)(H2,15,16,20)/t4-,9+/m1/s1. The summed E-state index contributed by atoms with van der Waals surface area (Å²) in [6, 6.07) is -2.08. The van der Waals surface area contributed by atoms with Crippen LogP contribution in [0.5, 0.6) is 0 Å².